The Labute approximate surface area is 112 Å². The standard InChI is InChI=1S/C15H16O4/c1-10(16)19-13-4-2-3-11(7-13)12-5-6-14-15(8-12)18-9-17-14/h5-8,13H,2-4,9H2,1H3/t13-/m1/s1. The van der Waals surface area contributed by atoms with Crippen molar-refractivity contribution >= 4 is 11.5 Å². The minimum Gasteiger partial charge on any atom is -0.458 e. The van der Waals surface area contributed by atoms with Gasteiger partial charge >= 0.3 is 5.97 Å². The van der Waals surface area contributed by atoms with Crippen molar-refractivity contribution < 1.29 is 19.0 Å². The molecule has 1 atom stereocenters. The summed E-state index contributed by atoms with van der Waals surface area (Å²) < 4.78 is 16.0. The summed E-state index contributed by atoms with van der Waals surface area (Å²) in [5, 5.41) is 0. The Morgan fingerprint density at radius 1 is 1.32 bits per heavy atom. The van der Waals surface area contributed by atoms with E-state index in [1.165, 1.54) is 12.5 Å². The molecule has 0 saturated heterocycles. The molecule has 1 aliphatic carbocycles. The number of ether oxygens (including phenoxy) is 3. The van der Waals surface area contributed by atoms with E-state index in [4.69, 9.17) is 14.2 Å². The molecule has 0 fully saturated rings. The predicted molar refractivity (Wildman–Crippen MR) is 69.9 cm³/mol. The van der Waals surface area contributed by atoms with Crippen LogP contribution >= 0.6 is 0 Å². The predicted octanol–water partition coefficient (Wildman–Crippen LogP) is 2.91. The van der Waals surface area contributed by atoms with Crippen molar-refractivity contribution in [1.82, 2.24) is 0 Å². The van der Waals surface area contributed by atoms with Crippen LogP contribution in [0.4, 0.5) is 0 Å². The number of hydrogen-bond acceptors (Lipinski definition) is 4. The van der Waals surface area contributed by atoms with Gasteiger partial charge in [-0.15, -0.1) is 0 Å². The van der Waals surface area contributed by atoms with Gasteiger partial charge in [0.25, 0.3) is 0 Å². The van der Waals surface area contributed by atoms with Crippen molar-refractivity contribution in [3.63, 3.8) is 0 Å². The Hall–Kier alpha value is -1.97. The number of fused-ring (bicyclic) bond motifs is 1. The van der Waals surface area contributed by atoms with Gasteiger partial charge in [0.2, 0.25) is 6.79 Å². The minimum atomic E-state index is -0.229. The average Bonchev–Trinajstić information content (AvgIpc) is 2.85. The molecule has 4 nitrogen and oxygen atoms in total. The van der Waals surface area contributed by atoms with E-state index in [0.717, 1.165) is 36.3 Å². The molecule has 19 heavy (non-hydrogen) atoms. The van der Waals surface area contributed by atoms with Gasteiger partial charge in [0.05, 0.1) is 0 Å². The van der Waals surface area contributed by atoms with E-state index in [0.29, 0.717) is 0 Å². The van der Waals surface area contributed by atoms with Gasteiger partial charge in [-0.3, -0.25) is 4.79 Å². The summed E-state index contributed by atoms with van der Waals surface area (Å²) in [6.45, 7) is 1.73. The van der Waals surface area contributed by atoms with E-state index in [2.05, 4.69) is 0 Å². The Kier molecular flexibility index (Phi) is 3.15. The van der Waals surface area contributed by atoms with E-state index in [-0.39, 0.29) is 18.9 Å². The lowest BCUT2D eigenvalue weighted by molar-refractivity contribution is -0.144. The van der Waals surface area contributed by atoms with Crippen LogP contribution in [0.3, 0.4) is 0 Å². The third-order valence-corrected chi connectivity index (χ3v) is 3.38. The lowest BCUT2D eigenvalue weighted by Gasteiger charge is -2.21. The van der Waals surface area contributed by atoms with E-state index in [1.54, 1.807) is 0 Å². The molecule has 0 amide bonds. The highest BCUT2D eigenvalue weighted by atomic mass is 16.7. The summed E-state index contributed by atoms with van der Waals surface area (Å²) in [7, 11) is 0. The van der Waals surface area contributed by atoms with Crippen LogP contribution in [0.2, 0.25) is 0 Å². The number of rotatable bonds is 2. The number of carbonyl (C=O) groups is 1. The molecule has 0 bridgehead atoms. The van der Waals surface area contributed by atoms with Gasteiger partial charge in [-0.05, 0) is 48.6 Å². The topological polar surface area (TPSA) is 44.8 Å². The fraction of sp³-hybridized carbons (Fsp3) is 0.400. The zero-order valence-corrected chi connectivity index (χ0v) is 10.8. The summed E-state index contributed by atoms with van der Waals surface area (Å²) >= 11 is 0. The van der Waals surface area contributed by atoms with Crippen LogP contribution in [0.1, 0.15) is 31.7 Å². The molecule has 0 spiro atoms. The maximum atomic E-state index is 11.0. The molecule has 0 radical (unpaired) electrons. The van der Waals surface area contributed by atoms with Gasteiger partial charge in [0.1, 0.15) is 6.10 Å². The van der Waals surface area contributed by atoms with Crippen molar-refractivity contribution in [3.05, 3.63) is 29.8 Å². The molecule has 0 saturated carbocycles. The van der Waals surface area contributed by atoms with E-state index < -0.39 is 0 Å². The normalized spacial score (nSPS) is 20.9. The van der Waals surface area contributed by atoms with Crippen LogP contribution in [0.15, 0.2) is 24.3 Å². The summed E-state index contributed by atoms with van der Waals surface area (Å²) in [6.07, 6.45) is 4.86. The number of hydrogen-bond donors (Lipinski definition) is 0. The fourth-order valence-electron chi connectivity index (χ4n) is 2.53. The summed E-state index contributed by atoms with van der Waals surface area (Å²) in [4.78, 5) is 11.0. The monoisotopic (exact) mass is 260 g/mol. The highest BCUT2D eigenvalue weighted by molar-refractivity contribution is 5.71. The van der Waals surface area contributed by atoms with Gasteiger partial charge in [0, 0.05) is 6.92 Å². The first-order valence-electron chi connectivity index (χ1n) is 6.50. The molecular weight excluding hydrogens is 244 g/mol. The second kappa shape index (κ2) is 4.96. The van der Waals surface area contributed by atoms with Gasteiger partial charge in [-0.1, -0.05) is 6.07 Å². The van der Waals surface area contributed by atoms with Gasteiger partial charge < -0.3 is 14.2 Å². The third-order valence-electron chi connectivity index (χ3n) is 3.38. The molecule has 1 aromatic carbocycles. The fourth-order valence-corrected chi connectivity index (χ4v) is 2.53. The first kappa shape index (κ1) is 12.1. The lowest BCUT2D eigenvalue weighted by atomic mass is 9.92. The first-order valence-corrected chi connectivity index (χ1v) is 6.50. The van der Waals surface area contributed by atoms with Gasteiger partial charge in [0.15, 0.2) is 11.5 Å². The number of esters is 1. The van der Waals surface area contributed by atoms with E-state index in [1.807, 2.05) is 24.3 Å². The molecule has 1 aromatic rings. The minimum absolute atomic E-state index is 0.105. The zero-order chi connectivity index (χ0) is 13.2. The largest absolute Gasteiger partial charge is 0.458 e. The van der Waals surface area contributed by atoms with Crippen LogP contribution < -0.4 is 9.47 Å². The summed E-state index contributed by atoms with van der Waals surface area (Å²) in [5.74, 6) is 1.35. The third kappa shape index (κ3) is 2.57. The number of benzene rings is 1. The Bertz CT molecular complexity index is 533. The molecule has 0 N–H and O–H groups in total. The van der Waals surface area contributed by atoms with E-state index >= 15 is 0 Å². The average molecular weight is 260 g/mol. The smallest absolute Gasteiger partial charge is 0.303 e. The molecule has 0 unspecified atom stereocenters. The van der Waals surface area contributed by atoms with Crippen molar-refractivity contribution in [2.45, 2.75) is 32.3 Å². The quantitative estimate of drug-likeness (QED) is 0.767. The summed E-state index contributed by atoms with van der Waals surface area (Å²) in [5.41, 5.74) is 2.32. The molecule has 1 aliphatic heterocycles. The van der Waals surface area contributed by atoms with Crippen molar-refractivity contribution in [3.8, 4) is 11.5 Å². The van der Waals surface area contributed by atoms with Crippen LogP contribution in [0.25, 0.3) is 5.57 Å². The number of carbonyl (C=O) groups excluding carboxylic acids is 1. The Morgan fingerprint density at radius 3 is 3.00 bits per heavy atom. The van der Waals surface area contributed by atoms with Crippen LogP contribution in [-0.4, -0.2) is 18.9 Å². The molecule has 1 heterocycles. The molecule has 100 valence electrons. The van der Waals surface area contributed by atoms with Crippen molar-refractivity contribution in [2.24, 2.45) is 0 Å². The molecular formula is C15H16O4. The SMILES string of the molecule is CC(=O)O[C@H]1C=C(c2ccc3c(c2)OCO3)CCC1. The second-order valence-electron chi connectivity index (χ2n) is 4.80. The molecule has 2 aliphatic rings. The maximum absolute atomic E-state index is 11.0. The van der Waals surface area contributed by atoms with Crippen LogP contribution in [-0.2, 0) is 9.53 Å². The first-order chi connectivity index (χ1) is 9.22. The zero-order valence-electron chi connectivity index (χ0n) is 10.8. The van der Waals surface area contributed by atoms with Crippen LogP contribution in [0, 0.1) is 0 Å². The highest BCUT2D eigenvalue weighted by Gasteiger charge is 2.19. The second-order valence-corrected chi connectivity index (χ2v) is 4.80. The van der Waals surface area contributed by atoms with E-state index in [9.17, 15) is 4.79 Å². The highest BCUT2D eigenvalue weighted by Crippen LogP contribution is 2.37. The Balaban J connectivity index is 1.84. The molecule has 0 aromatic heterocycles. The van der Waals surface area contributed by atoms with Crippen molar-refractivity contribution in [1.29, 1.82) is 0 Å². The number of allylic oxidation sites excluding steroid dienone is 1. The summed E-state index contributed by atoms with van der Waals surface area (Å²) in [6, 6.07) is 5.94. The van der Waals surface area contributed by atoms with Gasteiger partial charge in [-0.25, -0.2) is 0 Å². The Morgan fingerprint density at radius 2 is 2.16 bits per heavy atom. The van der Waals surface area contributed by atoms with Crippen LogP contribution in [0.5, 0.6) is 11.5 Å². The van der Waals surface area contributed by atoms with Crippen molar-refractivity contribution in [2.75, 3.05) is 6.79 Å². The maximum Gasteiger partial charge on any atom is 0.303 e. The molecule has 4 heteroatoms. The van der Waals surface area contributed by atoms with Gasteiger partial charge in [-0.2, -0.15) is 0 Å². The lowest BCUT2D eigenvalue weighted by Crippen LogP contribution is -2.17. The molecule has 3 rings (SSSR count).